The van der Waals surface area contributed by atoms with Crippen LogP contribution in [-0.4, -0.2) is 78.3 Å². The lowest BCUT2D eigenvalue weighted by Crippen LogP contribution is -2.52. The van der Waals surface area contributed by atoms with Crippen LogP contribution in [0.3, 0.4) is 0 Å². The molecule has 0 bridgehead atoms. The summed E-state index contributed by atoms with van der Waals surface area (Å²) in [6, 6.07) is 10.8. The molecule has 10 heteroatoms. The lowest BCUT2D eigenvalue weighted by molar-refractivity contribution is 0.0229. The van der Waals surface area contributed by atoms with Crippen LogP contribution in [0.1, 0.15) is 34.5 Å². The van der Waals surface area contributed by atoms with Crippen molar-refractivity contribution in [1.82, 2.24) is 23.9 Å². The number of nitrogens with zero attached hydrogens (tertiary/aromatic N) is 4. The van der Waals surface area contributed by atoms with E-state index in [0.717, 1.165) is 56.0 Å². The van der Waals surface area contributed by atoms with Crippen molar-refractivity contribution in [2.24, 2.45) is 0 Å². The molecule has 5 rings (SSSR count). The maximum Gasteiger partial charge on any atom is 0.253 e. The number of ether oxygens (including phenoxy) is 1. The van der Waals surface area contributed by atoms with Gasteiger partial charge in [0.15, 0.2) is 0 Å². The highest BCUT2D eigenvalue weighted by Crippen LogP contribution is 2.21. The Bertz CT molecular complexity index is 1290. The van der Waals surface area contributed by atoms with Gasteiger partial charge in [-0.15, -0.1) is 0 Å². The Balaban J connectivity index is 1.17. The molecule has 2 aliphatic rings. The average Bonchev–Trinajstić information content (AvgIpc) is 3.27. The van der Waals surface area contributed by atoms with Crippen molar-refractivity contribution in [3.8, 4) is 0 Å². The fraction of sp³-hybridized carbons (Fsp3) is 0.440. The van der Waals surface area contributed by atoms with Crippen molar-refractivity contribution in [2.45, 2.75) is 37.2 Å². The molecular weight excluding hydrogens is 466 g/mol. The van der Waals surface area contributed by atoms with E-state index in [1.54, 1.807) is 40.8 Å². The first-order chi connectivity index (χ1) is 16.9. The summed E-state index contributed by atoms with van der Waals surface area (Å²) in [7, 11) is -3.54. The molecule has 0 saturated carbocycles. The zero-order chi connectivity index (χ0) is 24.4. The molecule has 1 N–H and O–H groups in total. The van der Waals surface area contributed by atoms with E-state index in [2.05, 4.69) is 15.2 Å². The Hall–Kier alpha value is -2.79. The molecular formula is C25H31N5O4S. The number of sulfonamides is 1. The van der Waals surface area contributed by atoms with Gasteiger partial charge in [-0.25, -0.2) is 13.4 Å². The van der Waals surface area contributed by atoms with Gasteiger partial charge in [-0.1, -0.05) is 12.1 Å². The quantitative estimate of drug-likeness (QED) is 0.560. The second kappa shape index (κ2) is 10.1. The van der Waals surface area contributed by atoms with Gasteiger partial charge in [-0.2, -0.15) is 4.31 Å². The summed E-state index contributed by atoms with van der Waals surface area (Å²) in [6.07, 6.45) is 5.66. The van der Waals surface area contributed by atoms with E-state index >= 15 is 0 Å². The first-order valence-corrected chi connectivity index (χ1v) is 13.5. The largest absolute Gasteiger partial charge is 0.381 e. The van der Waals surface area contributed by atoms with Gasteiger partial charge in [0.25, 0.3) is 5.91 Å². The zero-order valence-corrected chi connectivity index (χ0v) is 20.7. The van der Waals surface area contributed by atoms with Crippen LogP contribution in [0.15, 0.2) is 53.7 Å². The number of imidazole rings is 1. The van der Waals surface area contributed by atoms with E-state index in [1.807, 2.05) is 23.6 Å². The molecule has 0 radical (unpaired) electrons. The first-order valence-electron chi connectivity index (χ1n) is 12.0. The Morgan fingerprint density at radius 3 is 2.46 bits per heavy atom. The number of carbonyl (C=O) groups excluding carboxylic acids is 1. The van der Waals surface area contributed by atoms with Crippen LogP contribution in [0, 0.1) is 6.92 Å². The second-order valence-electron chi connectivity index (χ2n) is 9.18. The fourth-order valence-electron chi connectivity index (χ4n) is 4.83. The number of rotatable bonds is 6. The van der Waals surface area contributed by atoms with Crippen molar-refractivity contribution in [2.75, 3.05) is 39.4 Å². The van der Waals surface area contributed by atoms with Crippen molar-refractivity contribution >= 4 is 21.6 Å². The number of benzene rings is 1. The van der Waals surface area contributed by atoms with Gasteiger partial charge in [0.1, 0.15) is 5.65 Å². The number of fused-ring (bicyclic) bond motifs is 1. The highest BCUT2D eigenvalue weighted by atomic mass is 32.2. The lowest BCUT2D eigenvalue weighted by Gasteiger charge is -2.40. The lowest BCUT2D eigenvalue weighted by atomic mass is 10.1. The van der Waals surface area contributed by atoms with Crippen LogP contribution in [-0.2, 0) is 21.3 Å². The molecule has 1 amide bonds. The van der Waals surface area contributed by atoms with Gasteiger partial charge in [0.2, 0.25) is 10.0 Å². The summed E-state index contributed by atoms with van der Waals surface area (Å²) in [5.41, 5.74) is 3.05. The normalized spacial score (nSPS) is 18.7. The van der Waals surface area contributed by atoms with Crippen molar-refractivity contribution in [3.05, 3.63) is 65.6 Å². The van der Waals surface area contributed by atoms with E-state index in [1.165, 1.54) is 0 Å². The van der Waals surface area contributed by atoms with Gasteiger partial charge >= 0.3 is 0 Å². The molecule has 0 atom stereocenters. The molecule has 2 aromatic heterocycles. The Morgan fingerprint density at radius 1 is 1.03 bits per heavy atom. The van der Waals surface area contributed by atoms with E-state index < -0.39 is 10.0 Å². The molecule has 0 unspecified atom stereocenters. The molecule has 3 aromatic rings. The van der Waals surface area contributed by atoms with E-state index in [4.69, 9.17) is 4.74 Å². The highest BCUT2D eigenvalue weighted by molar-refractivity contribution is 7.89. The Kier molecular flexibility index (Phi) is 6.88. The Morgan fingerprint density at radius 2 is 1.74 bits per heavy atom. The summed E-state index contributed by atoms with van der Waals surface area (Å²) in [5.74, 6) is -0.197. The third kappa shape index (κ3) is 5.25. The summed E-state index contributed by atoms with van der Waals surface area (Å²) >= 11 is 0. The third-order valence-electron chi connectivity index (χ3n) is 6.83. The van der Waals surface area contributed by atoms with E-state index in [9.17, 15) is 13.2 Å². The monoisotopic (exact) mass is 497 g/mol. The average molecular weight is 498 g/mol. The SMILES string of the molecule is Cc1cn2cc(C(=O)NCc3ccc(S(=O)(=O)N4CCN(C5CCOCC5)CC4)cc3)ccc2n1. The van der Waals surface area contributed by atoms with Crippen LogP contribution in [0.25, 0.3) is 5.65 Å². The summed E-state index contributed by atoms with van der Waals surface area (Å²) in [5, 5.41) is 2.90. The summed E-state index contributed by atoms with van der Waals surface area (Å²) < 4.78 is 35.2. The minimum atomic E-state index is -3.54. The highest BCUT2D eigenvalue weighted by Gasteiger charge is 2.31. The number of hydrogen-bond donors (Lipinski definition) is 1. The summed E-state index contributed by atoms with van der Waals surface area (Å²) in [4.78, 5) is 19.6. The number of carbonyl (C=O) groups is 1. The predicted molar refractivity (Wildman–Crippen MR) is 132 cm³/mol. The van der Waals surface area contributed by atoms with Crippen molar-refractivity contribution in [3.63, 3.8) is 0 Å². The maximum atomic E-state index is 13.2. The molecule has 35 heavy (non-hydrogen) atoms. The third-order valence-corrected chi connectivity index (χ3v) is 8.74. The van der Waals surface area contributed by atoms with E-state index in [0.29, 0.717) is 31.2 Å². The van der Waals surface area contributed by atoms with Gasteiger partial charge in [-0.3, -0.25) is 9.69 Å². The number of aromatic nitrogens is 2. The molecule has 186 valence electrons. The number of amides is 1. The standard InChI is InChI=1S/C25H31N5O4S/c1-19-17-29-18-21(4-7-24(29)27-19)25(31)26-16-20-2-5-23(6-3-20)35(32,33)30-12-10-28(11-13-30)22-8-14-34-15-9-22/h2-7,17-18,22H,8-16H2,1H3,(H,26,31). The van der Waals surface area contributed by atoms with Crippen LogP contribution >= 0.6 is 0 Å². The van der Waals surface area contributed by atoms with Crippen molar-refractivity contribution < 1.29 is 17.9 Å². The van der Waals surface area contributed by atoms with Crippen LogP contribution < -0.4 is 5.32 Å². The van der Waals surface area contributed by atoms with Gasteiger partial charge in [-0.05, 0) is 49.6 Å². The number of nitrogens with one attached hydrogen (secondary N) is 1. The van der Waals surface area contributed by atoms with Crippen LogP contribution in [0.2, 0.25) is 0 Å². The van der Waals surface area contributed by atoms with E-state index in [-0.39, 0.29) is 10.8 Å². The fourth-order valence-corrected chi connectivity index (χ4v) is 6.25. The van der Waals surface area contributed by atoms with Gasteiger partial charge < -0.3 is 14.5 Å². The first kappa shape index (κ1) is 23.9. The molecule has 1 aromatic carbocycles. The molecule has 9 nitrogen and oxygen atoms in total. The Labute approximate surface area is 205 Å². The number of aryl methyl sites for hydroxylation is 1. The maximum absolute atomic E-state index is 13.2. The predicted octanol–water partition coefficient (Wildman–Crippen LogP) is 2.06. The smallest absolute Gasteiger partial charge is 0.253 e. The molecule has 2 saturated heterocycles. The minimum Gasteiger partial charge on any atom is -0.381 e. The van der Waals surface area contributed by atoms with Crippen molar-refractivity contribution in [1.29, 1.82) is 0 Å². The molecule has 4 heterocycles. The number of pyridine rings is 1. The van der Waals surface area contributed by atoms with Crippen LogP contribution in [0.4, 0.5) is 0 Å². The molecule has 0 aliphatic carbocycles. The zero-order valence-electron chi connectivity index (χ0n) is 19.9. The van der Waals surface area contributed by atoms with Gasteiger partial charge in [0.05, 0.1) is 16.2 Å². The minimum absolute atomic E-state index is 0.197. The molecule has 0 spiro atoms. The number of hydrogen-bond acceptors (Lipinski definition) is 6. The topological polar surface area (TPSA) is 96.2 Å². The van der Waals surface area contributed by atoms with Gasteiger partial charge in [0, 0.05) is 64.4 Å². The van der Waals surface area contributed by atoms with Crippen LogP contribution in [0.5, 0.6) is 0 Å². The second-order valence-corrected chi connectivity index (χ2v) is 11.1. The summed E-state index contributed by atoms with van der Waals surface area (Å²) in [6.45, 7) is 6.28. The molecule has 2 aliphatic heterocycles. The molecule has 2 fully saturated rings. The number of piperazine rings is 1.